The van der Waals surface area contributed by atoms with Crippen LogP contribution in [0, 0.1) is 11.8 Å². The normalized spacial score (nSPS) is 28.9. The van der Waals surface area contributed by atoms with E-state index in [1.165, 1.54) is 13.8 Å². The van der Waals surface area contributed by atoms with Gasteiger partial charge in [0.2, 0.25) is 0 Å². The zero-order chi connectivity index (χ0) is 14.1. The maximum Gasteiger partial charge on any atom is 0.328 e. The van der Waals surface area contributed by atoms with Crippen molar-refractivity contribution in [2.75, 3.05) is 6.54 Å². The van der Waals surface area contributed by atoms with Crippen LogP contribution in [0.5, 0.6) is 0 Å². The summed E-state index contributed by atoms with van der Waals surface area (Å²) < 4.78 is 0. The van der Waals surface area contributed by atoms with Gasteiger partial charge in [-0.25, -0.2) is 9.59 Å². The lowest BCUT2D eigenvalue weighted by molar-refractivity contribution is -0.143. The Morgan fingerprint density at radius 2 is 1.83 bits per heavy atom. The lowest BCUT2D eigenvalue weighted by Gasteiger charge is -2.42. The number of likely N-dealkylation sites (tertiary alicyclic amines) is 1. The number of hydrogen-bond donors (Lipinski definition) is 2. The van der Waals surface area contributed by atoms with E-state index in [1.807, 2.05) is 6.92 Å². The monoisotopic (exact) mass is 256 g/mol. The van der Waals surface area contributed by atoms with E-state index < -0.39 is 11.5 Å². The zero-order valence-electron chi connectivity index (χ0n) is 11.9. The van der Waals surface area contributed by atoms with Gasteiger partial charge >= 0.3 is 12.0 Å². The summed E-state index contributed by atoms with van der Waals surface area (Å²) in [4.78, 5) is 24.9. The number of aliphatic carboxylic acids is 1. The van der Waals surface area contributed by atoms with Crippen LogP contribution in [0.2, 0.25) is 0 Å². The standard InChI is InChI=1S/C13H24N2O3/c1-8-6-9(2)10(3)15(7-8)12(18)14-13(4,5)11(16)17/h8-10H,6-7H2,1-5H3,(H,14,18)(H,16,17). The summed E-state index contributed by atoms with van der Waals surface area (Å²) in [6, 6.07) is -0.140. The van der Waals surface area contributed by atoms with Crippen molar-refractivity contribution in [3.05, 3.63) is 0 Å². The first-order chi connectivity index (χ1) is 8.15. The molecule has 2 N–H and O–H groups in total. The SMILES string of the molecule is CC1CC(C)C(C)N(C(=O)NC(C)(C)C(=O)O)C1. The van der Waals surface area contributed by atoms with Crippen LogP contribution in [0.15, 0.2) is 0 Å². The molecule has 1 aliphatic heterocycles. The molecule has 0 bridgehead atoms. The fourth-order valence-corrected chi connectivity index (χ4v) is 2.38. The second-order valence-electron chi connectivity index (χ2n) is 6.07. The number of carboxylic acids is 1. The first-order valence-corrected chi connectivity index (χ1v) is 6.47. The number of hydrogen-bond acceptors (Lipinski definition) is 2. The molecule has 1 fully saturated rings. The molecule has 5 heteroatoms. The van der Waals surface area contributed by atoms with Crippen molar-refractivity contribution in [2.24, 2.45) is 11.8 Å². The smallest absolute Gasteiger partial charge is 0.328 e. The van der Waals surface area contributed by atoms with Gasteiger partial charge in [-0.15, -0.1) is 0 Å². The van der Waals surface area contributed by atoms with Gasteiger partial charge in [0.15, 0.2) is 0 Å². The Kier molecular flexibility index (Phi) is 4.24. The molecule has 0 saturated carbocycles. The summed E-state index contributed by atoms with van der Waals surface area (Å²) in [6.45, 7) is 9.94. The second-order valence-corrected chi connectivity index (χ2v) is 6.07. The Labute approximate surface area is 109 Å². The quantitative estimate of drug-likeness (QED) is 0.793. The molecule has 0 aromatic heterocycles. The number of rotatable bonds is 2. The molecular formula is C13H24N2O3. The highest BCUT2D eigenvalue weighted by Gasteiger charge is 2.36. The molecule has 3 unspecified atom stereocenters. The molecular weight excluding hydrogens is 232 g/mol. The van der Waals surface area contributed by atoms with Gasteiger partial charge in [-0.2, -0.15) is 0 Å². The van der Waals surface area contributed by atoms with Gasteiger partial charge in [0.1, 0.15) is 5.54 Å². The van der Waals surface area contributed by atoms with E-state index in [1.54, 1.807) is 4.90 Å². The third kappa shape index (κ3) is 3.15. The Morgan fingerprint density at radius 3 is 2.33 bits per heavy atom. The van der Waals surface area contributed by atoms with Gasteiger partial charge < -0.3 is 15.3 Å². The summed E-state index contributed by atoms with van der Waals surface area (Å²) >= 11 is 0. The van der Waals surface area contributed by atoms with Crippen molar-refractivity contribution in [1.29, 1.82) is 0 Å². The molecule has 3 atom stereocenters. The fraction of sp³-hybridized carbons (Fsp3) is 0.846. The van der Waals surface area contributed by atoms with Crippen LogP contribution in [0.3, 0.4) is 0 Å². The number of carbonyl (C=O) groups excluding carboxylic acids is 1. The average Bonchev–Trinajstić information content (AvgIpc) is 2.22. The Balaban J connectivity index is 2.74. The highest BCUT2D eigenvalue weighted by atomic mass is 16.4. The highest BCUT2D eigenvalue weighted by molar-refractivity contribution is 5.85. The third-order valence-electron chi connectivity index (χ3n) is 3.81. The number of nitrogens with zero attached hydrogens (tertiary/aromatic N) is 1. The number of carbonyl (C=O) groups is 2. The van der Waals surface area contributed by atoms with Crippen LogP contribution < -0.4 is 5.32 Å². The molecule has 5 nitrogen and oxygen atoms in total. The van der Waals surface area contributed by atoms with Crippen LogP contribution in [-0.4, -0.2) is 40.1 Å². The van der Waals surface area contributed by atoms with Crippen LogP contribution in [0.25, 0.3) is 0 Å². The van der Waals surface area contributed by atoms with Crippen LogP contribution in [0.4, 0.5) is 4.79 Å². The molecule has 0 radical (unpaired) electrons. The van der Waals surface area contributed by atoms with Gasteiger partial charge in [0.05, 0.1) is 0 Å². The number of nitrogens with one attached hydrogen (secondary N) is 1. The minimum absolute atomic E-state index is 0.144. The second kappa shape index (κ2) is 5.16. The third-order valence-corrected chi connectivity index (χ3v) is 3.81. The molecule has 104 valence electrons. The molecule has 18 heavy (non-hydrogen) atoms. The molecule has 1 aliphatic rings. The summed E-state index contributed by atoms with van der Waals surface area (Å²) in [5.74, 6) is -0.135. The highest BCUT2D eigenvalue weighted by Crippen LogP contribution is 2.27. The molecule has 1 heterocycles. The largest absolute Gasteiger partial charge is 0.480 e. The number of urea groups is 1. The van der Waals surface area contributed by atoms with Crippen molar-refractivity contribution in [3.63, 3.8) is 0 Å². The van der Waals surface area contributed by atoms with Gasteiger partial charge in [-0.05, 0) is 39.0 Å². The van der Waals surface area contributed by atoms with Crippen molar-refractivity contribution in [3.8, 4) is 0 Å². The van der Waals surface area contributed by atoms with Crippen molar-refractivity contribution in [1.82, 2.24) is 10.2 Å². The predicted molar refractivity (Wildman–Crippen MR) is 69.4 cm³/mol. The van der Waals surface area contributed by atoms with Crippen LogP contribution >= 0.6 is 0 Å². The maximum atomic E-state index is 12.2. The molecule has 0 spiro atoms. The fourth-order valence-electron chi connectivity index (χ4n) is 2.38. The van der Waals surface area contributed by atoms with E-state index >= 15 is 0 Å². The predicted octanol–water partition coefficient (Wildman–Crippen LogP) is 1.93. The Bertz CT molecular complexity index is 341. The zero-order valence-corrected chi connectivity index (χ0v) is 11.9. The van der Waals surface area contributed by atoms with Gasteiger partial charge in [-0.3, -0.25) is 0 Å². The molecule has 1 saturated heterocycles. The summed E-state index contributed by atoms with van der Waals surface area (Å²) in [6.07, 6.45) is 1.10. The topological polar surface area (TPSA) is 69.6 Å². The molecule has 0 aromatic rings. The maximum absolute atomic E-state index is 12.2. The van der Waals surface area contributed by atoms with Gasteiger partial charge in [-0.1, -0.05) is 13.8 Å². The Morgan fingerprint density at radius 1 is 1.28 bits per heavy atom. The lowest BCUT2D eigenvalue weighted by Crippen LogP contribution is -2.59. The van der Waals surface area contributed by atoms with Gasteiger partial charge in [0.25, 0.3) is 0 Å². The Hall–Kier alpha value is -1.26. The van der Waals surface area contributed by atoms with Gasteiger partial charge in [0, 0.05) is 12.6 Å². The molecule has 1 rings (SSSR count). The van der Waals surface area contributed by atoms with Crippen molar-refractivity contribution >= 4 is 12.0 Å². The van der Waals surface area contributed by atoms with Crippen LogP contribution in [-0.2, 0) is 4.79 Å². The lowest BCUT2D eigenvalue weighted by atomic mass is 9.86. The minimum atomic E-state index is -1.24. The van der Waals surface area contributed by atoms with E-state index in [-0.39, 0.29) is 12.1 Å². The van der Waals surface area contributed by atoms with E-state index in [0.717, 1.165) is 6.42 Å². The summed E-state index contributed by atoms with van der Waals surface area (Å²) in [7, 11) is 0. The van der Waals surface area contributed by atoms with E-state index in [4.69, 9.17) is 5.11 Å². The van der Waals surface area contributed by atoms with Crippen molar-refractivity contribution in [2.45, 2.75) is 52.6 Å². The first kappa shape index (κ1) is 14.8. The average molecular weight is 256 g/mol. The van der Waals surface area contributed by atoms with E-state index in [0.29, 0.717) is 18.4 Å². The molecule has 0 aliphatic carbocycles. The van der Waals surface area contributed by atoms with E-state index in [9.17, 15) is 9.59 Å². The first-order valence-electron chi connectivity index (χ1n) is 6.47. The van der Waals surface area contributed by atoms with Crippen molar-refractivity contribution < 1.29 is 14.7 Å². The summed E-state index contributed by atoms with van der Waals surface area (Å²) in [5.41, 5.74) is -1.24. The van der Waals surface area contributed by atoms with Crippen LogP contribution in [0.1, 0.15) is 41.0 Å². The number of carboxylic acid groups (broad SMARTS) is 1. The van der Waals surface area contributed by atoms with E-state index in [2.05, 4.69) is 19.2 Å². The molecule has 2 amide bonds. The minimum Gasteiger partial charge on any atom is -0.480 e. The molecule has 0 aromatic carbocycles. The summed E-state index contributed by atoms with van der Waals surface area (Å²) in [5, 5.41) is 11.6. The number of piperidine rings is 1. The number of amides is 2.